The van der Waals surface area contributed by atoms with Crippen LogP contribution in [0.1, 0.15) is 41.3 Å². The van der Waals surface area contributed by atoms with Gasteiger partial charge in [0.2, 0.25) is 5.91 Å². The number of amides is 2. The largest absolute Gasteiger partial charge is 0.477 e. The number of nitrogens with one attached hydrogen (secondary N) is 2. The van der Waals surface area contributed by atoms with Gasteiger partial charge in [-0.3, -0.25) is 9.48 Å². The van der Waals surface area contributed by atoms with Crippen LogP contribution in [-0.4, -0.2) is 45.5 Å². The number of anilines is 1. The topological polar surface area (TPSA) is 123 Å². The van der Waals surface area contributed by atoms with Crippen molar-refractivity contribution in [1.29, 1.82) is 0 Å². The summed E-state index contributed by atoms with van der Waals surface area (Å²) in [6.45, 7) is 3.67. The van der Waals surface area contributed by atoms with Gasteiger partial charge in [-0.25, -0.2) is 9.59 Å². The van der Waals surface area contributed by atoms with Crippen molar-refractivity contribution in [3.8, 4) is 11.1 Å². The summed E-state index contributed by atoms with van der Waals surface area (Å²) < 4.78 is 6.81. The van der Waals surface area contributed by atoms with Crippen LogP contribution in [-0.2, 0) is 16.6 Å². The maximum Gasteiger partial charge on any atom is 0.407 e. The van der Waals surface area contributed by atoms with E-state index in [0.29, 0.717) is 0 Å². The van der Waals surface area contributed by atoms with Crippen LogP contribution in [0.2, 0.25) is 0 Å². The molecule has 1 aliphatic carbocycles. The van der Waals surface area contributed by atoms with E-state index < -0.39 is 24.0 Å². The number of fused-ring (bicyclic) bond motifs is 3. The van der Waals surface area contributed by atoms with Crippen LogP contribution in [0, 0.1) is 5.92 Å². The summed E-state index contributed by atoms with van der Waals surface area (Å²) >= 11 is 0. The summed E-state index contributed by atoms with van der Waals surface area (Å²) in [5.41, 5.74) is 4.28. The van der Waals surface area contributed by atoms with E-state index in [9.17, 15) is 19.5 Å². The molecule has 1 aliphatic rings. The normalized spacial score (nSPS) is 13.2. The molecule has 2 aromatic carbocycles. The van der Waals surface area contributed by atoms with Crippen LogP contribution in [0.25, 0.3) is 11.1 Å². The van der Waals surface area contributed by atoms with E-state index in [-0.39, 0.29) is 29.8 Å². The molecule has 176 valence electrons. The Morgan fingerprint density at radius 2 is 1.65 bits per heavy atom. The summed E-state index contributed by atoms with van der Waals surface area (Å²) in [5.74, 6) is -2.11. The second-order valence-electron chi connectivity index (χ2n) is 8.52. The minimum atomic E-state index is -1.21. The maximum atomic E-state index is 12.9. The number of carbonyl (C=O) groups is 3. The van der Waals surface area contributed by atoms with Crippen LogP contribution in [0.5, 0.6) is 0 Å². The van der Waals surface area contributed by atoms with Crippen LogP contribution in [0.3, 0.4) is 0 Å². The first kappa shape index (κ1) is 23.0. The summed E-state index contributed by atoms with van der Waals surface area (Å²) in [4.78, 5) is 36.9. The zero-order chi connectivity index (χ0) is 24.4. The molecule has 0 fully saturated rings. The first-order valence-corrected chi connectivity index (χ1v) is 11.0. The van der Waals surface area contributed by atoms with Gasteiger partial charge in [0.25, 0.3) is 0 Å². The van der Waals surface area contributed by atoms with E-state index >= 15 is 0 Å². The molecule has 0 radical (unpaired) electrons. The minimum absolute atomic E-state index is 0.0393. The molecule has 9 nitrogen and oxygen atoms in total. The first-order valence-electron chi connectivity index (χ1n) is 11.0. The van der Waals surface area contributed by atoms with Crippen LogP contribution < -0.4 is 10.6 Å². The smallest absolute Gasteiger partial charge is 0.407 e. The van der Waals surface area contributed by atoms with Gasteiger partial charge in [0.05, 0.1) is 6.20 Å². The molecular weight excluding hydrogens is 436 g/mol. The third kappa shape index (κ3) is 4.36. The molecule has 0 spiro atoms. The molecule has 0 saturated heterocycles. The highest BCUT2D eigenvalue weighted by molar-refractivity contribution is 6.01. The fourth-order valence-electron chi connectivity index (χ4n) is 4.24. The van der Waals surface area contributed by atoms with Crippen LogP contribution in [0.15, 0.2) is 54.7 Å². The molecule has 0 saturated carbocycles. The van der Waals surface area contributed by atoms with Gasteiger partial charge in [-0.05, 0) is 28.2 Å². The van der Waals surface area contributed by atoms with Crippen LogP contribution >= 0.6 is 0 Å². The van der Waals surface area contributed by atoms with Gasteiger partial charge in [0, 0.05) is 13.0 Å². The molecule has 0 bridgehead atoms. The highest BCUT2D eigenvalue weighted by atomic mass is 16.5. The van der Waals surface area contributed by atoms with Gasteiger partial charge in [0.15, 0.2) is 0 Å². The zero-order valence-corrected chi connectivity index (χ0v) is 19.1. The molecule has 2 amide bonds. The highest BCUT2D eigenvalue weighted by Gasteiger charge is 2.31. The number of ether oxygens (including phenoxy) is 1. The Hall–Kier alpha value is -4.14. The molecule has 0 aliphatic heterocycles. The molecule has 9 heteroatoms. The zero-order valence-electron chi connectivity index (χ0n) is 19.1. The lowest BCUT2D eigenvalue weighted by molar-refractivity contribution is -0.119. The fourth-order valence-corrected chi connectivity index (χ4v) is 4.24. The Labute approximate surface area is 196 Å². The third-order valence-electron chi connectivity index (χ3n) is 5.98. The third-order valence-corrected chi connectivity index (χ3v) is 5.98. The summed E-state index contributed by atoms with van der Waals surface area (Å²) in [6.07, 6.45) is 0.431. The van der Waals surface area contributed by atoms with Gasteiger partial charge in [-0.1, -0.05) is 62.4 Å². The quantitative estimate of drug-likeness (QED) is 0.493. The van der Waals surface area contributed by atoms with E-state index in [4.69, 9.17) is 4.74 Å². The number of carbonyl (C=O) groups excluding carboxylic acids is 2. The molecule has 1 heterocycles. The summed E-state index contributed by atoms with van der Waals surface area (Å²) in [5, 5.41) is 18.4. The van der Waals surface area contributed by atoms with Crippen molar-refractivity contribution in [2.24, 2.45) is 13.0 Å². The van der Waals surface area contributed by atoms with Crippen molar-refractivity contribution >= 4 is 23.8 Å². The number of carboxylic acid groups (broad SMARTS) is 1. The SMILES string of the molecule is CC(C)[C@@H](NC(=O)OCC1c2ccccc2-c2ccccc21)C(=O)Nc1c(C(=O)O)cnn1C. The van der Waals surface area contributed by atoms with Gasteiger partial charge in [-0.15, -0.1) is 0 Å². The van der Waals surface area contributed by atoms with E-state index in [1.807, 2.05) is 36.4 Å². The Morgan fingerprint density at radius 1 is 1.06 bits per heavy atom. The number of hydrogen-bond acceptors (Lipinski definition) is 5. The predicted molar refractivity (Wildman–Crippen MR) is 126 cm³/mol. The second kappa shape index (κ2) is 9.38. The Bertz CT molecular complexity index is 1200. The van der Waals surface area contributed by atoms with Gasteiger partial charge in [0.1, 0.15) is 24.0 Å². The first-order chi connectivity index (χ1) is 16.3. The summed E-state index contributed by atoms with van der Waals surface area (Å²) in [6, 6.07) is 15.1. The number of aryl methyl sites for hydroxylation is 1. The van der Waals surface area contributed by atoms with Crippen molar-refractivity contribution in [3.05, 3.63) is 71.4 Å². The number of aromatic nitrogens is 2. The predicted octanol–water partition coefficient (Wildman–Crippen LogP) is 3.62. The van der Waals surface area contributed by atoms with Crippen LogP contribution in [0.4, 0.5) is 10.6 Å². The minimum Gasteiger partial charge on any atom is -0.477 e. The standard InChI is InChI=1S/C25H26N4O5/c1-14(2)21(23(30)28-22-19(24(31)32)12-26-29(22)3)27-25(33)34-13-20-17-10-6-4-8-15(17)16-9-5-7-11-18(16)20/h4-12,14,20-21H,13H2,1-3H3,(H,27,33)(H,28,30)(H,31,32)/t21-/m1/s1. The number of rotatable bonds is 7. The number of nitrogens with zero attached hydrogens (tertiary/aromatic N) is 2. The molecule has 1 atom stereocenters. The maximum absolute atomic E-state index is 12.9. The molecule has 3 N–H and O–H groups in total. The van der Waals surface area contributed by atoms with E-state index in [0.717, 1.165) is 28.5 Å². The molecular formula is C25H26N4O5. The van der Waals surface area contributed by atoms with Crippen molar-refractivity contribution in [1.82, 2.24) is 15.1 Å². The van der Waals surface area contributed by atoms with Gasteiger partial charge < -0.3 is 20.5 Å². The highest BCUT2D eigenvalue weighted by Crippen LogP contribution is 2.44. The Morgan fingerprint density at radius 3 is 2.21 bits per heavy atom. The van der Waals surface area contributed by atoms with Crippen molar-refractivity contribution in [3.63, 3.8) is 0 Å². The number of carboxylic acids is 1. The Kier molecular flexibility index (Phi) is 6.36. The fraction of sp³-hybridized carbons (Fsp3) is 0.280. The number of hydrogen-bond donors (Lipinski definition) is 3. The van der Waals surface area contributed by atoms with E-state index in [1.165, 1.54) is 11.7 Å². The molecule has 1 aromatic heterocycles. The lowest BCUT2D eigenvalue weighted by Crippen LogP contribution is -2.47. The van der Waals surface area contributed by atoms with Crippen molar-refractivity contribution in [2.75, 3.05) is 11.9 Å². The van der Waals surface area contributed by atoms with Crippen molar-refractivity contribution < 1.29 is 24.2 Å². The number of aromatic carboxylic acids is 1. The van der Waals surface area contributed by atoms with E-state index in [1.54, 1.807) is 13.8 Å². The Balaban J connectivity index is 1.44. The monoisotopic (exact) mass is 462 g/mol. The molecule has 0 unspecified atom stereocenters. The molecule has 3 aromatic rings. The molecule has 34 heavy (non-hydrogen) atoms. The van der Waals surface area contributed by atoms with Gasteiger partial charge >= 0.3 is 12.1 Å². The second-order valence-corrected chi connectivity index (χ2v) is 8.52. The molecule has 4 rings (SSSR count). The summed E-state index contributed by atoms with van der Waals surface area (Å²) in [7, 11) is 1.52. The lowest BCUT2D eigenvalue weighted by Gasteiger charge is -2.22. The average molecular weight is 463 g/mol. The average Bonchev–Trinajstić information content (AvgIpc) is 3.33. The van der Waals surface area contributed by atoms with Crippen molar-refractivity contribution in [2.45, 2.75) is 25.8 Å². The number of benzene rings is 2. The van der Waals surface area contributed by atoms with E-state index in [2.05, 4.69) is 27.9 Å². The number of alkyl carbamates (subject to hydrolysis) is 1. The lowest BCUT2D eigenvalue weighted by atomic mass is 9.98. The van der Waals surface area contributed by atoms with Gasteiger partial charge in [-0.2, -0.15) is 5.10 Å².